The Morgan fingerprint density at radius 3 is 2.66 bits per heavy atom. The number of anilines is 1. The summed E-state index contributed by atoms with van der Waals surface area (Å²) in [5.41, 5.74) is 0.552. The highest BCUT2D eigenvalue weighted by atomic mass is 16.5. The fourth-order valence-electron chi connectivity index (χ4n) is 3.32. The standard InChI is InChI=1S/C22H24N2O5/c25-20(11-13-29-19-9-2-1-3-10-19)24-12-5-7-17(15-24)21(26)23-18-8-4-6-16(14-18)22(27)28/h1-4,6,8-10,14,17H,5,7,11-13,15H2,(H,23,26)(H,27,28). The maximum Gasteiger partial charge on any atom is 0.335 e. The average molecular weight is 396 g/mol. The van der Waals surface area contributed by atoms with Crippen LogP contribution in [-0.2, 0) is 9.59 Å². The molecule has 0 saturated carbocycles. The van der Waals surface area contributed by atoms with Gasteiger partial charge in [0.05, 0.1) is 24.5 Å². The summed E-state index contributed by atoms with van der Waals surface area (Å²) >= 11 is 0. The molecule has 0 aromatic heterocycles. The summed E-state index contributed by atoms with van der Waals surface area (Å²) in [6.07, 6.45) is 1.69. The Morgan fingerprint density at radius 1 is 1.10 bits per heavy atom. The number of aromatic carboxylic acids is 1. The van der Waals surface area contributed by atoms with Crippen LogP contribution in [-0.4, -0.2) is 47.5 Å². The summed E-state index contributed by atoms with van der Waals surface area (Å²) in [5, 5.41) is 11.8. The smallest absolute Gasteiger partial charge is 0.335 e. The first-order valence-corrected chi connectivity index (χ1v) is 9.63. The predicted molar refractivity (Wildman–Crippen MR) is 108 cm³/mol. The van der Waals surface area contributed by atoms with E-state index in [0.717, 1.165) is 12.2 Å². The molecule has 0 bridgehead atoms. The number of carboxylic acids is 1. The van der Waals surface area contributed by atoms with Crippen molar-refractivity contribution in [2.45, 2.75) is 19.3 Å². The zero-order valence-corrected chi connectivity index (χ0v) is 16.0. The molecule has 1 unspecified atom stereocenters. The summed E-state index contributed by atoms with van der Waals surface area (Å²) in [6, 6.07) is 15.4. The Labute approximate surface area is 169 Å². The molecule has 0 aliphatic carbocycles. The number of rotatable bonds is 7. The molecular weight excluding hydrogens is 372 g/mol. The van der Waals surface area contributed by atoms with Crippen LogP contribution >= 0.6 is 0 Å². The third kappa shape index (κ3) is 5.81. The number of nitrogens with zero attached hydrogens (tertiary/aromatic N) is 1. The number of carbonyl (C=O) groups is 3. The molecule has 1 fully saturated rings. The molecule has 152 valence electrons. The van der Waals surface area contributed by atoms with E-state index in [0.29, 0.717) is 25.2 Å². The lowest BCUT2D eigenvalue weighted by molar-refractivity contribution is -0.135. The van der Waals surface area contributed by atoms with Gasteiger partial charge in [0.1, 0.15) is 5.75 Å². The summed E-state index contributed by atoms with van der Waals surface area (Å²) in [4.78, 5) is 37.9. The molecule has 2 amide bonds. The van der Waals surface area contributed by atoms with Gasteiger partial charge < -0.3 is 20.1 Å². The van der Waals surface area contributed by atoms with Gasteiger partial charge in [-0.05, 0) is 43.2 Å². The number of piperidine rings is 1. The molecule has 2 aromatic carbocycles. The van der Waals surface area contributed by atoms with Crippen molar-refractivity contribution >= 4 is 23.5 Å². The number of para-hydroxylation sites is 1. The van der Waals surface area contributed by atoms with E-state index in [-0.39, 0.29) is 36.3 Å². The molecule has 1 saturated heterocycles. The summed E-state index contributed by atoms with van der Waals surface area (Å²) in [7, 11) is 0. The maximum atomic E-state index is 12.6. The molecule has 2 N–H and O–H groups in total. The van der Waals surface area contributed by atoms with Crippen molar-refractivity contribution in [1.82, 2.24) is 4.90 Å². The van der Waals surface area contributed by atoms with Gasteiger partial charge in [-0.15, -0.1) is 0 Å². The van der Waals surface area contributed by atoms with Crippen molar-refractivity contribution < 1.29 is 24.2 Å². The number of carboxylic acid groups (broad SMARTS) is 1. The van der Waals surface area contributed by atoms with Crippen LogP contribution in [0.5, 0.6) is 5.75 Å². The topological polar surface area (TPSA) is 95.9 Å². The molecule has 3 rings (SSSR count). The van der Waals surface area contributed by atoms with Gasteiger partial charge in [-0.2, -0.15) is 0 Å². The highest BCUT2D eigenvalue weighted by molar-refractivity contribution is 5.95. The van der Waals surface area contributed by atoms with Crippen molar-refractivity contribution in [3.05, 3.63) is 60.2 Å². The molecule has 7 nitrogen and oxygen atoms in total. The maximum absolute atomic E-state index is 12.6. The number of likely N-dealkylation sites (tertiary alicyclic amines) is 1. The number of benzene rings is 2. The van der Waals surface area contributed by atoms with E-state index in [9.17, 15) is 14.4 Å². The molecule has 1 aliphatic rings. The predicted octanol–water partition coefficient (Wildman–Crippen LogP) is 3.03. The number of ether oxygens (including phenoxy) is 1. The minimum absolute atomic E-state index is 0.0358. The van der Waals surface area contributed by atoms with E-state index in [4.69, 9.17) is 9.84 Å². The Bertz CT molecular complexity index is 869. The second-order valence-electron chi connectivity index (χ2n) is 6.97. The number of hydrogen-bond donors (Lipinski definition) is 2. The van der Waals surface area contributed by atoms with Crippen LogP contribution in [0.3, 0.4) is 0 Å². The highest BCUT2D eigenvalue weighted by Crippen LogP contribution is 2.20. The third-order valence-corrected chi connectivity index (χ3v) is 4.85. The van der Waals surface area contributed by atoms with Crippen molar-refractivity contribution in [2.75, 3.05) is 25.0 Å². The second kappa shape index (κ2) is 9.73. The highest BCUT2D eigenvalue weighted by Gasteiger charge is 2.28. The van der Waals surface area contributed by atoms with Gasteiger partial charge in [-0.25, -0.2) is 4.79 Å². The van der Waals surface area contributed by atoms with Crippen LogP contribution < -0.4 is 10.1 Å². The SMILES string of the molecule is O=C(O)c1cccc(NC(=O)C2CCCN(C(=O)CCOc3ccccc3)C2)c1. The van der Waals surface area contributed by atoms with Crippen molar-refractivity contribution in [3.63, 3.8) is 0 Å². The Morgan fingerprint density at radius 2 is 1.90 bits per heavy atom. The van der Waals surface area contributed by atoms with E-state index < -0.39 is 5.97 Å². The minimum atomic E-state index is -1.05. The lowest BCUT2D eigenvalue weighted by Gasteiger charge is -2.32. The average Bonchev–Trinajstić information content (AvgIpc) is 2.74. The molecule has 2 aromatic rings. The van der Waals surface area contributed by atoms with Crippen molar-refractivity contribution in [1.29, 1.82) is 0 Å². The van der Waals surface area contributed by atoms with Crippen LogP contribution in [0.25, 0.3) is 0 Å². The van der Waals surface area contributed by atoms with Gasteiger partial charge in [0.15, 0.2) is 0 Å². The first-order valence-electron chi connectivity index (χ1n) is 9.63. The van der Waals surface area contributed by atoms with Crippen LogP contribution in [0.2, 0.25) is 0 Å². The number of hydrogen-bond acceptors (Lipinski definition) is 4. The monoisotopic (exact) mass is 396 g/mol. The fraction of sp³-hybridized carbons (Fsp3) is 0.318. The lowest BCUT2D eigenvalue weighted by Crippen LogP contribution is -2.44. The summed E-state index contributed by atoms with van der Waals surface area (Å²) in [6.45, 7) is 1.27. The van der Waals surface area contributed by atoms with Gasteiger partial charge in [0.25, 0.3) is 0 Å². The van der Waals surface area contributed by atoms with Crippen molar-refractivity contribution in [3.8, 4) is 5.75 Å². The van der Waals surface area contributed by atoms with Gasteiger partial charge in [0.2, 0.25) is 11.8 Å². The molecule has 7 heteroatoms. The van der Waals surface area contributed by atoms with Gasteiger partial charge in [-0.1, -0.05) is 24.3 Å². The Balaban J connectivity index is 1.50. The second-order valence-corrected chi connectivity index (χ2v) is 6.97. The van der Waals surface area contributed by atoms with Gasteiger partial charge in [-0.3, -0.25) is 9.59 Å². The van der Waals surface area contributed by atoms with E-state index in [1.54, 1.807) is 17.0 Å². The normalized spacial score (nSPS) is 16.1. The minimum Gasteiger partial charge on any atom is -0.493 e. The molecule has 0 spiro atoms. The summed E-state index contributed by atoms with van der Waals surface area (Å²) < 4.78 is 5.58. The zero-order chi connectivity index (χ0) is 20.6. The number of amides is 2. The van der Waals surface area contributed by atoms with Crippen LogP contribution in [0.1, 0.15) is 29.6 Å². The van der Waals surface area contributed by atoms with Gasteiger partial charge >= 0.3 is 5.97 Å². The van der Waals surface area contributed by atoms with Gasteiger partial charge in [0, 0.05) is 18.8 Å². The largest absolute Gasteiger partial charge is 0.493 e. The molecule has 29 heavy (non-hydrogen) atoms. The van der Waals surface area contributed by atoms with E-state index in [1.165, 1.54) is 12.1 Å². The molecule has 1 heterocycles. The fourth-order valence-corrected chi connectivity index (χ4v) is 3.32. The van der Waals surface area contributed by atoms with Crippen LogP contribution in [0.15, 0.2) is 54.6 Å². The van der Waals surface area contributed by atoms with E-state index >= 15 is 0 Å². The van der Waals surface area contributed by atoms with E-state index in [2.05, 4.69) is 5.32 Å². The molecule has 1 aliphatic heterocycles. The first-order chi connectivity index (χ1) is 14.0. The van der Waals surface area contributed by atoms with Crippen LogP contribution in [0.4, 0.5) is 5.69 Å². The van der Waals surface area contributed by atoms with E-state index in [1.807, 2.05) is 30.3 Å². The number of carbonyl (C=O) groups excluding carboxylic acids is 2. The Kier molecular flexibility index (Phi) is 6.84. The quantitative estimate of drug-likeness (QED) is 0.750. The third-order valence-electron chi connectivity index (χ3n) is 4.85. The first kappa shape index (κ1) is 20.4. The zero-order valence-electron chi connectivity index (χ0n) is 16.0. The molecule has 0 radical (unpaired) electrons. The number of nitrogens with one attached hydrogen (secondary N) is 1. The molecular formula is C22H24N2O5. The molecule has 1 atom stereocenters. The lowest BCUT2D eigenvalue weighted by atomic mass is 9.96. The Hall–Kier alpha value is -3.35. The van der Waals surface area contributed by atoms with Crippen LogP contribution in [0, 0.1) is 5.92 Å². The summed E-state index contributed by atoms with van der Waals surface area (Å²) in [5.74, 6) is -0.888. The van der Waals surface area contributed by atoms with Crippen molar-refractivity contribution in [2.24, 2.45) is 5.92 Å².